The first-order chi connectivity index (χ1) is 11.1. The third-order valence-corrected chi connectivity index (χ3v) is 3.20. The van der Waals surface area contributed by atoms with Gasteiger partial charge in [0.05, 0.1) is 26.9 Å². The normalized spacial score (nSPS) is 10.4. The average molecular weight is 322 g/mol. The number of aryl methyl sites for hydroxylation is 1. The Hall–Kier alpha value is -2.77. The maximum absolute atomic E-state index is 10.5. The smallest absolute Gasteiger partial charge is 0.303 e. The molecular formula is C15H18N2O6. The van der Waals surface area contributed by atoms with Crippen LogP contribution in [-0.4, -0.2) is 42.5 Å². The maximum Gasteiger partial charge on any atom is 0.303 e. The van der Waals surface area contributed by atoms with Gasteiger partial charge in [0.25, 0.3) is 0 Å². The van der Waals surface area contributed by atoms with Crippen LogP contribution >= 0.6 is 0 Å². The summed E-state index contributed by atoms with van der Waals surface area (Å²) in [5.74, 6) is 1.41. The van der Waals surface area contributed by atoms with Crippen LogP contribution in [-0.2, 0) is 11.2 Å². The van der Waals surface area contributed by atoms with E-state index in [4.69, 9.17) is 23.8 Å². The van der Waals surface area contributed by atoms with Crippen LogP contribution in [0.5, 0.6) is 17.2 Å². The van der Waals surface area contributed by atoms with Crippen LogP contribution in [0.15, 0.2) is 16.7 Å². The third-order valence-electron chi connectivity index (χ3n) is 3.20. The minimum Gasteiger partial charge on any atom is -0.496 e. The van der Waals surface area contributed by atoms with E-state index >= 15 is 0 Å². The Morgan fingerprint density at radius 2 is 1.78 bits per heavy atom. The van der Waals surface area contributed by atoms with Gasteiger partial charge in [-0.3, -0.25) is 4.79 Å². The molecule has 0 spiro atoms. The van der Waals surface area contributed by atoms with Gasteiger partial charge in [-0.1, -0.05) is 5.16 Å². The van der Waals surface area contributed by atoms with E-state index in [0.717, 1.165) is 0 Å². The summed E-state index contributed by atoms with van der Waals surface area (Å²) in [5.41, 5.74) is 0.596. The van der Waals surface area contributed by atoms with Gasteiger partial charge in [-0.25, -0.2) is 0 Å². The van der Waals surface area contributed by atoms with Gasteiger partial charge in [-0.05, 0) is 12.5 Å². The monoisotopic (exact) mass is 322 g/mol. The molecule has 23 heavy (non-hydrogen) atoms. The number of benzene rings is 1. The van der Waals surface area contributed by atoms with Crippen molar-refractivity contribution in [3.8, 4) is 28.6 Å². The first-order valence-electron chi connectivity index (χ1n) is 6.93. The molecule has 1 aromatic carbocycles. The first kappa shape index (κ1) is 16.6. The Kier molecular flexibility index (Phi) is 5.40. The molecule has 2 rings (SSSR count). The molecule has 0 atom stereocenters. The number of carbonyl (C=O) groups is 1. The fourth-order valence-electron chi connectivity index (χ4n) is 2.06. The molecule has 8 heteroatoms. The standard InChI is InChI=1S/C15H18N2O6/c1-20-10-8-12(22-3)11(21-2)7-9(10)15-16-13(23-17-15)5-4-6-14(18)19/h7-8H,4-6H2,1-3H3,(H,18,19). The Bertz CT molecular complexity index is 683. The molecule has 0 aliphatic heterocycles. The molecule has 0 unspecified atom stereocenters. The number of aliphatic carboxylic acids is 1. The molecule has 1 N–H and O–H groups in total. The lowest BCUT2D eigenvalue weighted by molar-refractivity contribution is -0.137. The number of nitrogens with zero attached hydrogens (tertiary/aromatic N) is 2. The van der Waals surface area contributed by atoms with Crippen LogP contribution in [0.25, 0.3) is 11.4 Å². The van der Waals surface area contributed by atoms with Crippen molar-refractivity contribution < 1.29 is 28.6 Å². The van der Waals surface area contributed by atoms with Crippen LogP contribution < -0.4 is 14.2 Å². The summed E-state index contributed by atoms with van der Waals surface area (Å²) in [5, 5.41) is 12.6. The fourth-order valence-corrected chi connectivity index (χ4v) is 2.06. The van der Waals surface area contributed by atoms with Crippen molar-refractivity contribution >= 4 is 5.97 Å². The van der Waals surface area contributed by atoms with Gasteiger partial charge in [-0.15, -0.1) is 0 Å². The number of carboxylic acids is 1. The quantitative estimate of drug-likeness (QED) is 0.788. The number of aromatic nitrogens is 2. The van der Waals surface area contributed by atoms with E-state index in [1.165, 1.54) is 21.3 Å². The van der Waals surface area contributed by atoms with Gasteiger partial charge < -0.3 is 23.8 Å². The predicted octanol–water partition coefficient (Wildman–Crippen LogP) is 2.17. The van der Waals surface area contributed by atoms with Crippen molar-refractivity contribution in [2.75, 3.05) is 21.3 Å². The van der Waals surface area contributed by atoms with Crippen LogP contribution in [0.3, 0.4) is 0 Å². The molecule has 0 saturated heterocycles. The zero-order valence-corrected chi connectivity index (χ0v) is 13.2. The van der Waals surface area contributed by atoms with Crippen LogP contribution in [0.2, 0.25) is 0 Å². The lowest BCUT2D eigenvalue weighted by Gasteiger charge is -2.12. The molecule has 0 radical (unpaired) electrons. The van der Waals surface area contributed by atoms with E-state index in [0.29, 0.717) is 47.4 Å². The molecular weight excluding hydrogens is 304 g/mol. The van der Waals surface area contributed by atoms with E-state index in [-0.39, 0.29) is 6.42 Å². The Labute approximate surface area is 133 Å². The molecule has 124 valence electrons. The Morgan fingerprint density at radius 3 is 2.39 bits per heavy atom. The highest BCUT2D eigenvalue weighted by Crippen LogP contribution is 2.38. The van der Waals surface area contributed by atoms with Crippen molar-refractivity contribution in [2.45, 2.75) is 19.3 Å². The summed E-state index contributed by atoms with van der Waals surface area (Å²) in [6.45, 7) is 0. The van der Waals surface area contributed by atoms with Gasteiger partial charge in [0.1, 0.15) is 5.75 Å². The summed E-state index contributed by atoms with van der Waals surface area (Å²) >= 11 is 0. The van der Waals surface area contributed by atoms with E-state index in [1.54, 1.807) is 12.1 Å². The Morgan fingerprint density at radius 1 is 1.13 bits per heavy atom. The van der Waals surface area contributed by atoms with E-state index in [1.807, 2.05) is 0 Å². The summed E-state index contributed by atoms with van der Waals surface area (Å²) in [4.78, 5) is 14.8. The minimum atomic E-state index is -0.855. The second-order valence-corrected chi connectivity index (χ2v) is 4.67. The number of hydrogen-bond acceptors (Lipinski definition) is 7. The molecule has 1 aromatic heterocycles. The summed E-state index contributed by atoms with van der Waals surface area (Å²) < 4.78 is 21.0. The lowest BCUT2D eigenvalue weighted by Crippen LogP contribution is -1.97. The number of methoxy groups -OCH3 is 3. The Balaban J connectivity index is 2.27. The molecule has 0 saturated carbocycles. The zero-order valence-electron chi connectivity index (χ0n) is 13.2. The second kappa shape index (κ2) is 7.48. The lowest BCUT2D eigenvalue weighted by atomic mass is 10.1. The number of ether oxygens (including phenoxy) is 3. The summed E-state index contributed by atoms with van der Waals surface area (Å²) in [7, 11) is 4.59. The molecule has 0 fully saturated rings. The maximum atomic E-state index is 10.5. The van der Waals surface area contributed by atoms with Crippen molar-refractivity contribution in [3.05, 3.63) is 18.0 Å². The van der Waals surface area contributed by atoms with Crippen molar-refractivity contribution in [1.82, 2.24) is 10.1 Å². The summed E-state index contributed by atoms with van der Waals surface area (Å²) in [6, 6.07) is 3.37. The van der Waals surface area contributed by atoms with Gasteiger partial charge in [0.15, 0.2) is 11.5 Å². The molecule has 2 aromatic rings. The SMILES string of the molecule is COc1cc(OC)c(-c2noc(CCCC(=O)O)n2)cc1OC. The molecule has 0 bridgehead atoms. The predicted molar refractivity (Wildman–Crippen MR) is 80.0 cm³/mol. The van der Waals surface area contributed by atoms with Gasteiger partial charge in [-0.2, -0.15) is 4.98 Å². The topological polar surface area (TPSA) is 104 Å². The van der Waals surface area contributed by atoms with Crippen LogP contribution in [0, 0.1) is 0 Å². The highest BCUT2D eigenvalue weighted by molar-refractivity contribution is 5.69. The number of rotatable bonds is 8. The van der Waals surface area contributed by atoms with Crippen LogP contribution in [0.1, 0.15) is 18.7 Å². The van der Waals surface area contributed by atoms with E-state index < -0.39 is 5.97 Å². The molecule has 0 amide bonds. The highest BCUT2D eigenvalue weighted by Gasteiger charge is 2.18. The summed E-state index contributed by atoms with van der Waals surface area (Å²) in [6.07, 6.45) is 0.881. The molecule has 1 heterocycles. The minimum absolute atomic E-state index is 0.0530. The number of carboxylic acid groups (broad SMARTS) is 1. The second-order valence-electron chi connectivity index (χ2n) is 4.67. The van der Waals surface area contributed by atoms with Crippen molar-refractivity contribution in [1.29, 1.82) is 0 Å². The van der Waals surface area contributed by atoms with Crippen LogP contribution in [0.4, 0.5) is 0 Å². The van der Waals surface area contributed by atoms with Gasteiger partial charge in [0.2, 0.25) is 11.7 Å². The van der Waals surface area contributed by atoms with E-state index in [2.05, 4.69) is 10.1 Å². The largest absolute Gasteiger partial charge is 0.496 e. The first-order valence-corrected chi connectivity index (χ1v) is 6.93. The van der Waals surface area contributed by atoms with Crippen molar-refractivity contribution in [3.63, 3.8) is 0 Å². The van der Waals surface area contributed by atoms with E-state index in [9.17, 15) is 4.79 Å². The molecule has 8 nitrogen and oxygen atoms in total. The van der Waals surface area contributed by atoms with Crippen molar-refractivity contribution in [2.24, 2.45) is 0 Å². The average Bonchev–Trinajstić information content (AvgIpc) is 3.01. The van der Waals surface area contributed by atoms with Gasteiger partial charge in [0, 0.05) is 18.9 Å². The molecule has 0 aliphatic rings. The highest BCUT2D eigenvalue weighted by atomic mass is 16.5. The zero-order chi connectivity index (χ0) is 16.8. The van der Waals surface area contributed by atoms with Gasteiger partial charge >= 0.3 is 5.97 Å². The third kappa shape index (κ3) is 3.91. The molecule has 0 aliphatic carbocycles. The fraction of sp³-hybridized carbons (Fsp3) is 0.400. The number of hydrogen-bond donors (Lipinski definition) is 1.